The van der Waals surface area contributed by atoms with Gasteiger partial charge >= 0.3 is 0 Å². The number of thioether (sulfide) groups is 1. The molecule has 7 heteroatoms. The highest BCUT2D eigenvalue weighted by Crippen LogP contribution is 2.25. The molecule has 0 bridgehead atoms. The third-order valence-electron chi connectivity index (χ3n) is 3.60. The maximum atomic E-state index is 12.1. The smallest absolute Gasteiger partial charge is 0.270 e. The highest BCUT2D eigenvalue weighted by Gasteiger charge is 2.13. The van der Waals surface area contributed by atoms with Crippen molar-refractivity contribution in [1.29, 1.82) is 5.26 Å². The first-order chi connectivity index (χ1) is 12.6. The van der Waals surface area contributed by atoms with Crippen LogP contribution < -0.4 is 10.3 Å². The Hall–Kier alpha value is -2.75. The Kier molecular flexibility index (Phi) is 5.61. The topological polar surface area (TPSA) is 78.8 Å². The fourth-order valence-electron chi connectivity index (χ4n) is 2.39. The number of rotatable bonds is 5. The van der Waals surface area contributed by atoms with E-state index in [0.717, 1.165) is 5.56 Å². The van der Waals surface area contributed by atoms with Gasteiger partial charge in [0.25, 0.3) is 5.56 Å². The molecule has 26 heavy (non-hydrogen) atoms. The minimum absolute atomic E-state index is 0.0187. The maximum absolute atomic E-state index is 12.1. The second-order valence-corrected chi connectivity index (χ2v) is 6.59. The zero-order valence-corrected chi connectivity index (χ0v) is 15.4. The molecule has 0 aliphatic carbocycles. The molecule has 130 valence electrons. The van der Waals surface area contributed by atoms with Gasteiger partial charge in [-0.25, -0.2) is 4.98 Å². The van der Waals surface area contributed by atoms with E-state index in [1.54, 1.807) is 30.5 Å². The van der Waals surface area contributed by atoms with Crippen molar-refractivity contribution in [2.45, 2.75) is 11.8 Å². The van der Waals surface area contributed by atoms with E-state index in [0.29, 0.717) is 33.8 Å². The molecule has 0 spiro atoms. The van der Waals surface area contributed by atoms with E-state index in [2.05, 4.69) is 9.97 Å². The molecule has 0 radical (unpaired) electrons. The van der Waals surface area contributed by atoms with Gasteiger partial charge in [0.2, 0.25) is 0 Å². The van der Waals surface area contributed by atoms with Gasteiger partial charge in [0, 0.05) is 10.6 Å². The van der Waals surface area contributed by atoms with Gasteiger partial charge in [0.05, 0.1) is 5.69 Å². The fraction of sp³-hybridized carbons (Fsp3) is 0.105. The summed E-state index contributed by atoms with van der Waals surface area (Å²) in [6.45, 7) is 0.355. The number of ether oxygens (including phenoxy) is 1. The SMILES string of the molecule is CSc1nc(-c2cccc(OCc3cccc(Cl)c3)c2)c(C#N)c(=O)[nH]1. The van der Waals surface area contributed by atoms with Gasteiger partial charge in [-0.1, -0.05) is 47.6 Å². The van der Waals surface area contributed by atoms with Crippen molar-refractivity contribution in [2.24, 2.45) is 0 Å². The number of nitrogens with zero attached hydrogens (tertiary/aromatic N) is 2. The van der Waals surface area contributed by atoms with Crippen LogP contribution in [0.1, 0.15) is 11.1 Å². The highest BCUT2D eigenvalue weighted by atomic mass is 35.5. The largest absolute Gasteiger partial charge is 0.489 e. The van der Waals surface area contributed by atoms with Crippen molar-refractivity contribution in [2.75, 3.05) is 6.26 Å². The predicted octanol–water partition coefficient (Wildman–Crippen LogP) is 4.26. The summed E-state index contributed by atoms with van der Waals surface area (Å²) in [6.07, 6.45) is 1.80. The maximum Gasteiger partial charge on any atom is 0.270 e. The molecule has 1 heterocycles. The number of aromatic nitrogens is 2. The number of nitriles is 1. The van der Waals surface area contributed by atoms with Crippen LogP contribution in [0, 0.1) is 11.3 Å². The molecule has 0 atom stereocenters. The molecule has 3 aromatic rings. The lowest BCUT2D eigenvalue weighted by Crippen LogP contribution is -2.14. The summed E-state index contributed by atoms with van der Waals surface area (Å²) in [5.74, 6) is 0.610. The van der Waals surface area contributed by atoms with Gasteiger partial charge in [0.1, 0.15) is 24.0 Å². The van der Waals surface area contributed by atoms with Crippen LogP contribution in [0.4, 0.5) is 0 Å². The van der Waals surface area contributed by atoms with E-state index in [9.17, 15) is 10.1 Å². The molecule has 2 aromatic carbocycles. The van der Waals surface area contributed by atoms with E-state index in [-0.39, 0.29) is 5.56 Å². The number of benzene rings is 2. The van der Waals surface area contributed by atoms with Crippen molar-refractivity contribution in [1.82, 2.24) is 9.97 Å². The third kappa shape index (κ3) is 4.07. The van der Waals surface area contributed by atoms with Gasteiger partial charge < -0.3 is 9.72 Å². The first-order valence-electron chi connectivity index (χ1n) is 7.67. The van der Waals surface area contributed by atoms with Crippen LogP contribution in [-0.4, -0.2) is 16.2 Å². The fourth-order valence-corrected chi connectivity index (χ4v) is 2.98. The molecule has 5 nitrogen and oxygen atoms in total. The molecule has 0 saturated carbocycles. The summed E-state index contributed by atoms with van der Waals surface area (Å²) >= 11 is 7.28. The zero-order valence-electron chi connectivity index (χ0n) is 13.8. The molecule has 0 unspecified atom stereocenters. The van der Waals surface area contributed by atoms with Gasteiger partial charge in [-0.15, -0.1) is 0 Å². The van der Waals surface area contributed by atoms with Gasteiger partial charge in [-0.3, -0.25) is 4.79 Å². The number of H-pyrrole nitrogens is 1. The van der Waals surface area contributed by atoms with E-state index in [1.165, 1.54) is 11.8 Å². The van der Waals surface area contributed by atoms with Crippen LogP contribution in [0.25, 0.3) is 11.3 Å². The van der Waals surface area contributed by atoms with Gasteiger partial charge in [-0.2, -0.15) is 5.26 Å². The summed E-state index contributed by atoms with van der Waals surface area (Å²) in [7, 11) is 0. The zero-order chi connectivity index (χ0) is 18.5. The van der Waals surface area contributed by atoms with Crippen LogP contribution in [0.3, 0.4) is 0 Å². The summed E-state index contributed by atoms with van der Waals surface area (Å²) in [5, 5.41) is 10.4. The predicted molar refractivity (Wildman–Crippen MR) is 103 cm³/mol. The second kappa shape index (κ2) is 8.09. The van der Waals surface area contributed by atoms with E-state index in [1.807, 2.05) is 30.3 Å². The van der Waals surface area contributed by atoms with Crippen molar-refractivity contribution < 1.29 is 4.74 Å². The lowest BCUT2D eigenvalue weighted by molar-refractivity contribution is 0.306. The molecule has 0 saturated heterocycles. The Bertz CT molecular complexity index is 1040. The molecular formula is C19H14ClN3O2S. The van der Waals surface area contributed by atoms with Crippen molar-refractivity contribution in [3.05, 3.63) is 75.0 Å². The average Bonchev–Trinajstić information content (AvgIpc) is 2.66. The summed E-state index contributed by atoms with van der Waals surface area (Å²) in [6, 6.07) is 16.5. The lowest BCUT2D eigenvalue weighted by Gasteiger charge is -2.09. The molecule has 0 aliphatic rings. The van der Waals surface area contributed by atoms with E-state index in [4.69, 9.17) is 16.3 Å². The summed E-state index contributed by atoms with van der Waals surface area (Å²) < 4.78 is 5.81. The monoisotopic (exact) mass is 383 g/mol. The van der Waals surface area contributed by atoms with Gasteiger partial charge in [0.15, 0.2) is 5.16 Å². The van der Waals surface area contributed by atoms with E-state index >= 15 is 0 Å². The Morgan fingerprint density at radius 2 is 2.08 bits per heavy atom. The molecule has 1 N–H and O–H groups in total. The van der Waals surface area contributed by atoms with Crippen LogP contribution in [0.15, 0.2) is 58.5 Å². The molecule has 0 fully saturated rings. The van der Waals surface area contributed by atoms with E-state index < -0.39 is 5.56 Å². The molecule has 0 amide bonds. The number of hydrogen-bond acceptors (Lipinski definition) is 5. The minimum Gasteiger partial charge on any atom is -0.489 e. The van der Waals surface area contributed by atoms with Crippen LogP contribution in [0.5, 0.6) is 5.75 Å². The quantitative estimate of drug-likeness (QED) is 0.526. The Balaban J connectivity index is 1.91. The first-order valence-corrected chi connectivity index (χ1v) is 9.27. The van der Waals surface area contributed by atoms with Crippen LogP contribution >= 0.6 is 23.4 Å². The Morgan fingerprint density at radius 1 is 1.27 bits per heavy atom. The molecular weight excluding hydrogens is 370 g/mol. The lowest BCUT2D eigenvalue weighted by atomic mass is 10.1. The first kappa shape index (κ1) is 18.1. The van der Waals surface area contributed by atoms with Crippen LogP contribution in [-0.2, 0) is 6.61 Å². The number of aromatic amines is 1. The summed E-state index contributed by atoms with van der Waals surface area (Å²) in [4.78, 5) is 19.0. The number of hydrogen-bond donors (Lipinski definition) is 1. The molecule has 3 rings (SSSR count). The Morgan fingerprint density at radius 3 is 2.81 bits per heavy atom. The average molecular weight is 384 g/mol. The Labute approximate surface area is 159 Å². The standard InChI is InChI=1S/C19H14ClN3O2S/c1-26-19-22-17(16(10-21)18(24)23-19)13-5-3-7-15(9-13)25-11-12-4-2-6-14(20)8-12/h2-9H,11H2,1H3,(H,22,23,24). The van der Waals surface area contributed by atoms with Gasteiger partial charge in [-0.05, 0) is 36.1 Å². The van der Waals surface area contributed by atoms with Crippen molar-refractivity contribution in [3.63, 3.8) is 0 Å². The summed E-state index contributed by atoms with van der Waals surface area (Å²) in [5.41, 5.74) is 1.46. The molecule has 0 aliphatic heterocycles. The van der Waals surface area contributed by atoms with Crippen molar-refractivity contribution >= 4 is 23.4 Å². The number of halogens is 1. The highest BCUT2D eigenvalue weighted by molar-refractivity contribution is 7.98. The van der Waals surface area contributed by atoms with Crippen LogP contribution in [0.2, 0.25) is 5.02 Å². The molecule has 1 aromatic heterocycles. The third-order valence-corrected chi connectivity index (χ3v) is 4.42. The normalized spacial score (nSPS) is 10.3. The van der Waals surface area contributed by atoms with Crippen molar-refractivity contribution in [3.8, 4) is 23.1 Å². The second-order valence-electron chi connectivity index (χ2n) is 5.36. The number of nitrogens with one attached hydrogen (secondary N) is 1. The minimum atomic E-state index is -0.452.